The molecule has 0 spiro atoms. The summed E-state index contributed by atoms with van der Waals surface area (Å²) >= 11 is 0. The second kappa shape index (κ2) is 6.02. The van der Waals surface area contributed by atoms with Crippen molar-refractivity contribution >= 4 is 0 Å². The van der Waals surface area contributed by atoms with Crippen LogP contribution in [0.2, 0.25) is 0 Å². The Labute approximate surface area is 115 Å². The van der Waals surface area contributed by atoms with Crippen molar-refractivity contribution in [3.63, 3.8) is 0 Å². The molecule has 1 aliphatic rings. The van der Waals surface area contributed by atoms with E-state index in [1.165, 1.54) is 6.42 Å². The maximum atomic E-state index is 14.2. The third-order valence-corrected chi connectivity index (χ3v) is 4.47. The number of hydrogen-bond acceptors (Lipinski definition) is 2. The van der Waals surface area contributed by atoms with Gasteiger partial charge in [0.25, 0.3) is 0 Å². The maximum Gasteiger partial charge on any atom is 0.132 e. The first-order valence-corrected chi connectivity index (χ1v) is 7.23. The molecular weight excluding hydrogens is 239 g/mol. The van der Waals surface area contributed by atoms with Crippen molar-refractivity contribution in [1.82, 2.24) is 4.90 Å². The lowest BCUT2D eigenvalue weighted by Gasteiger charge is -2.41. The number of likely N-dealkylation sites (tertiary alicyclic amines) is 1. The Balaban J connectivity index is 2.16. The largest absolute Gasteiger partial charge is 0.326 e. The summed E-state index contributed by atoms with van der Waals surface area (Å²) in [7, 11) is 0. The predicted octanol–water partition coefficient (Wildman–Crippen LogP) is 3.15. The molecule has 1 fully saturated rings. The molecule has 1 saturated heterocycles. The summed E-state index contributed by atoms with van der Waals surface area (Å²) in [6.07, 6.45) is 1.27. The zero-order chi connectivity index (χ0) is 14.0. The van der Waals surface area contributed by atoms with E-state index in [9.17, 15) is 4.39 Å². The van der Waals surface area contributed by atoms with E-state index in [-0.39, 0.29) is 12.4 Å². The Morgan fingerprint density at radius 1 is 1.26 bits per heavy atom. The second-order valence-electron chi connectivity index (χ2n) is 6.08. The first-order valence-electron chi connectivity index (χ1n) is 7.23. The molecule has 2 rings (SSSR count). The zero-order valence-corrected chi connectivity index (χ0v) is 12.2. The second-order valence-corrected chi connectivity index (χ2v) is 6.08. The normalized spacial score (nSPS) is 28.6. The van der Waals surface area contributed by atoms with Gasteiger partial charge in [-0.3, -0.25) is 4.90 Å². The van der Waals surface area contributed by atoms with Crippen LogP contribution in [0.3, 0.4) is 0 Å². The number of benzene rings is 1. The monoisotopic (exact) mass is 264 g/mol. The fourth-order valence-corrected chi connectivity index (χ4v) is 3.17. The fraction of sp³-hybridized carbons (Fsp3) is 0.625. The molecule has 0 saturated carbocycles. The molecule has 1 aliphatic heterocycles. The Morgan fingerprint density at radius 2 is 1.95 bits per heavy atom. The number of rotatable bonds is 3. The van der Waals surface area contributed by atoms with E-state index in [1.54, 1.807) is 6.07 Å². The summed E-state index contributed by atoms with van der Waals surface area (Å²) < 4.78 is 14.2. The Hall–Kier alpha value is -0.930. The first-order chi connectivity index (χ1) is 9.02. The standard InChI is InChI=1S/C16H25FN2/c1-11-7-12(2)13(3)19(9-11)10-15-6-4-5-14(8-18)16(15)17/h4-6,11-13H,7-10,18H2,1-3H3. The van der Waals surface area contributed by atoms with E-state index in [2.05, 4.69) is 25.7 Å². The van der Waals surface area contributed by atoms with Gasteiger partial charge in [-0.25, -0.2) is 4.39 Å². The third-order valence-electron chi connectivity index (χ3n) is 4.47. The topological polar surface area (TPSA) is 29.3 Å². The minimum Gasteiger partial charge on any atom is -0.326 e. The van der Waals surface area contributed by atoms with E-state index in [0.717, 1.165) is 12.1 Å². The highest BCUT2D eigenvalue weighted by Crippen LogP contribution is 2.28. The van der Waals surface area contributed by atoms with Crippen molar-refractivity contribution in [2.75, 3.05) is 6.54 Å². The summed E-state index contributed by atoms with van der Waals surface area (Å²) in [5, 5.41) is 0. The molecule has 0 aromatic heterocycles. The number of piperidine rings is 1. The Morgan fingerprint density at radius 3 is 2.63 bits per heavy atom. The van der Waals surface area contributed by atoms with Crippen molar-refractivity contribution in [3.8, 4) is 0 Å². The van der Waals surface area contributed by atoms with Crippen molar-refractivity contribution in [2.24, 2.45) is 17.6 Å². The van der Waals surface area contributed by atoms with Gasteiger partial charge in [-0.1, -0.05) is 32.0 Å². The maximum absolute atomic E-state index is 14.2. The number of nitrogens with two attached hydrogens (primary N) is 1. The molecule has 1 heterocycles. The van der Waals surface area contributed by atoms with Crippen molar-refractivity contribution < 1.29 is 4.39 Å². The summed E-state index contributed by atoms with van der Waals surface area (Å²) in [6, 6.07) is 6.06. The van der Waals surface area contributed by atoms with Crippen LogP contribution >= 0.6 is 0 Å². The van der Waals surface area contributed by atoms with E-state index in [4.69, 9.17) is 5.73 Å². The van der Waals surface area contributed by atoms with E-state index >= 15 is 0 Å². The molecule has 3 atom stereocenters. The number of halogens is 1. The summed E-state index contributed by atoms with van der Waals surface area (Å²) in [5.41, 5.74) is 6.96. The molecule has 1 aromatic carbocycles. The van der Waals surface area contributed by atoms with Crippen LogP contribution in [0.1, 0.15) is 38.3 Å². The molecule has 0 radical (unpaired) electrons. The average molecular weight is 264 g/mol. The van der Waals surface area contributed by atoms with Crippen LogP contribution in [0.5, 0.6) is 0 Å². The Kier molecular flexibility index (Phi) is 4.58. The number of nitrogens with zero attached hydrogens (tertiary/aromatic N) is 1. The van der Waals surface area contributed by atoms with Gasteiger partial charge in [0.05, 0.1) is 0 Å². The van der Waals surface area contributed by atoms with Gasteiger partial charge in [0.1, 0.15) is 5.82 Å². The molecule has 0 bridgehead atoms. The molecule has 0 aliphatic carbocycles. The van der Waals surface area contributed by atoms with E-state index in [0.29, 0.717) is 30.0 Å². The van der Waals surface area contributed by atoms with Gasteiger partial charge in [-0.05, 0) is 25.2 Å². The first kappa shape index (κ1) is 14.5. The van der Waals surface area contributed by atoms with Crippen LogP contribution in [-0.4, -0.2) is 17.5 Å². The molecule has 0 amide bonds. The molecular formula is C16H25FN2. The lowest BCUT2D eigenvalue weighted by Crippen LogP contribution is -2.45. The van der Waals surface area contributed by atoms with Crippen LogP contribution < -0.4 is 5.73 Å². The third kappa shape index (κ3) is 3.15. The SMILES string of the molecule is CC1CC(C)C(C)N(Cc2cccc(CN)c2F)C1. The van der Waals surface area contributed by atoms with Gasteiger partial charge in [0.2, 0.25) is 0 Å². The minimum atomic E-state index is -0.122. The van der Waals surface area contributed by atoms with Gasteiger partial charge in [0.15, 0.2) is 0 Å². The lowest BCUT2D eigenvalue weighted by molar-refractivity contribution is 0.0719. The predicted molar refractivity (Wildman–Crippen MR) is 77.1 cm³/mol. The molecule has 1 aromatic rings. The smallest absolute Gasteiger partial charge is 0.132 e. The molecule has 3 heteroatoms. The number of hydrogen-bond donors (Lipinski definition) is 1. The highest BCUT2D eigenvalue weighted by Gasteiger charge is 2.29. The molecule has 106 valence electrons. The Bertz CT molecular complexity index is 433. The molecule has 3 unspecified atom stereocenters. The van der Waals surface area contributed by atoms with Crippen molar-refractivity contribution in [2.45, 2.75) is 46.3 Å². The summed E-state index contributed by atoms with van der Waals surface area (Å²) in [4.78, 5) is 2.40. The highest BCUT2D eigenvalue weighted by atomic mass is 19.1. The molecule has 2 N–H and O–H groups in total. The van der Waals surface area contributed by atoms with Gasteiger partial charge < -0.3 is 5.73 Å². The zero-order valence-electron chi connectivity index (χ0n) is 12.2. The van der Waals surface area contributed by atoms with Crippen LogP contribution in [0.15, 0.2) is 18.2 Å². The molecule has 19 heavy (non-hydrogen) atoms. The minimum absolute atomic E-state index is 0.122. The van der Waals surface area contributed by atoms with Crippen molar-refractivity contribution in [1.29, 1.82) is 0 Å². The van der Waals surface area contributed by atoms with Crippen LogP contribution in [0.4, 0.5) is 4.39 Å². The molecule has 2 nitrogen and oxygen atoms in total. The van der Waals surface area contributed by atoms with Crippen LogP contribution in [0, 0.1) is 17.7 Å². The van der Waals surface area contributed by atoms with Gasteiger partial charge in [-0.2, -0.15) is 0 Å². The summed E-state index contributed by atoms with van der Waals surface area (Å²) in [6.45, 7) is 8.83. The van der Waals surface area contributed by atoms with Gasteiger partial charge in [-0.15, -0.1) is 0 Å². The average Bonchev–Trinajstić information content (AvgIpc) is 2.37. The fourth-order valence-electron chi connectivity index (χ4n) is 3.17. The summed E-state index contributed by atoms with van der Waals surface area (Å²) in [5.74, 6) is 1.24. The lowest BCUT2D eigenvalue weighted by atomic mass is 9.85. The van der Waals surface area contributed by atoms with E-state index < -0.39 is 0 Å². The van der Waals surface area contributed by atoms with E-state index in [1.807, 2.05) is 12.1 Å². The van der Waals surface area contributed by atoms with Crippen LogP contribution in [-0.2, 0) is 13.1 Å². The van der Waals surface area contributed by atoms with Crippen molar-refractivity contribution in [3.05, 3.63) is 35.1 Å². The quantitative estimate of drug-likeness (QED) is 0.908. The van der Waals surface area contributed by atoms with Gasteiger partial charge in [0, 0.05) is 36.8 Å². The van der Waals surface area contributed by atoms with Gasteiger partial charge >= 0.3 is 0 Å². The van der Waals surface area contributed by atoms with Crippen LogP contribution in [0.25, 0.3) is 0 Å². The highest BCUT2D eigenvalue weighted by molar-refractivity contribution is 5.26.